The van der Waals surface area contributed by atoms with Crippen LogP contribution < -0.4 is 5.32 Å². The number of rotatable bonds is 14. The Labute approximate surface area is 200 Å². The molecule has 5 N–H and O–H groups in total. The SMILES string of the molecule is O=C(CCCS)NCCCO[C@@H]1O[C@H](CO)[C@H](O)[C@H](O[C@@H](CC2CCCCC2)C(=O)O)[C@H]1O. The number of amides is 1. The van der Waals surface area contributed by atoms with Gasteiger partial charge in [0.1, 0.15) is 24.4 Å². The third-order valence-electron chi connectivity index (χ3n) is 6.18. The Bertz CT molecular complexity index is 590. The Kier molecular flexibility index (Phi) is 13.0. The molecule has 1 saturated carbocycles. The summed E-state index contributed by atoms with van der Waals surface area (Å²) < 4.78 is 16.7. The summed E-state index contributed by atoms with van der Waals surface area (Å²) in [4.78, 5) is 23.4. The monoisotopic (exact) mass is 493 g/mol. The van der Waals surface area contributed by atoms with Gasteiger partial charge < -0.3 is 40.0 Å². The first kappa shape index (κ1) is 28.3. The molecule has 0 radical (unpaired) electrons. The first-order valence-electron chi connectivity index (χ1n) is 11.9. The first-order valence-corrected chi connectivity index (χ1v) is 12.5. The minimum atomic E-state index is -1.44. The fourth-order valence-electron chi connectivity index (χ4n) is 4.31. The van der Waals surface area contributed by atoms with Gasteiger partial charge in [0, 0.05) is 13.0 Å². The number of hydrogen-bond acceptors (Lipinski definition) is 9. The molecular formula is C22H39NO9S. The Hall–Kier alpha value is -0.950. The predicted molar refractivity (Wildman–Crippen MR) is 122 cm³/mol. The highest BCUT2D eigenvalue weighted by Crippen LogP contribution is 2.31. The van der Waals surface area contributed by atoms with Gasteiger partial charge in [0.2, 0.25) is 5.91 Å². The van der Waals surface area contributed by atoms with Crippen LogP contribution in [0.3, 0.4) is 0 Å². The van der Waals surface area contributed by atoms with Crippen LogP contribution >= 0.6 is 12.6 Å². The normalized spacial score (nSPS) is 29.5. The molecule has 1 amide bonds. The topological polar surface area (TPSA) is 155 Å². The van der Waals surface area contributed by atoms with Gasteiger partial charge in [0.15, 0.2) is 12.4 Å². The van der Waals surface area contributed by atoms with Crippen molar-refractivity contribution in [3.8, 4) is 0 Å². The fourth-order valence-corrected chi connectivity index (χ4v) is 4.47. The van der Waals surface area contributed by atoms with E-state index < -0.39 is 49.4 Å². The van der Waals surface area contributed by atoms with Crippen molar-refractivity contribution in [1.82, 2.24) is 5.32 Å². The van der Waals surface area contributed by atoms with Crippen LogP contribution in [-0.4, -0.2) is 94.6 Å². The number of hydrogen-bond donors (Lipinski definition) is 6. The Morgan fingerprint density at radius 3 is 2.48 bits per heavy atom. The Morgan fingerprint density at radius 1 is 1.12 bits per heavy atom. The van der Waals surface area contributed by atoms with E-state index in [4.69, 9.17) is 14.2 Å². The third kappa shape index (κ3) is 9.31. The average molecular weight is 494 g/mol. The van der Waals surface area contributed by atoms with Crippen LogP contribution in [0.4, 0.5) is 0 Å². The molecule has 11 heteroatoms. The molecule has 2 fully saturated rings. The van der Waals surface area contributed by atoms with E-state index in [0.29, 0.717) is 38.0 Å². The van der Waals surface area contributed by atoms with E-state index in [-0.39, 0.29) is 18.4 Å². The molecule has 0 aromatic heterocycles. The van der Waals surface area contributed by atoms with Gasteiger partial charge in [-0.15, -0.1) is 0 Å². The summed E-state index contributed by atoms with van der Waals surface area (Å²) in [5.74, 6) is -0.374. The number of aliphatic hydroxyl groups is 3. The molecule has 0 unspecified atom stereocenters. The van der Waals surface area contributed by atoms with E-state index in [2.05, 4.69) is 17.9 Å². The van der Waals surface area contributed by atoms with Crippen molar-refractivity contribution in [3.05, 3.63) is 0 Å². The zero-order valence-electron chi connectivity index (χ0n) is 19.0. The molecule has 6 atom stereocenters. The molecule has 0 aromatic carbocycles. The van der Waals surface area contributed by atoms with Crippen molar-refractivity contribution in [3.63, 3.8) is 0 Å². The maximum Gasteiger partial charge on any atom is 0.332 e. The van der Waals surface area contributed by atoms with Crippen LogP contribution in [0.25, 0.3) is 0 Å². The molecule has 192 valence electrons. The second kappa shape index (κ2) is 15.1. The van der Waals surface area contributed by atoms with E-state index in [9.17, 15) is 30.0 Å². The number of carboxylic acids is 1. The maximum atomic E-state index is 11.8. The Balaban J connectivity index is 1.89. The van der Waals surface area contributed by atoms with Crippen molar-refractivity contribution >= 4 is 24.5 Å². The van der Waals surface area contributed by atoms with E-state index in [1.807, 2.05) is 0 Å². The summed E-state index contributed by atoms with van der Waals surface area (Å²) in [6.07, 6.45) is -0.668. The van der Waals surface area contributed by atoms with E-state index in [1.54, 1.807) is 0 Å². The summed E-state index contributed by atoms with van der Waals surface area (Å²) >= 11 is 4.06. The summed E-state index contributed by atoms with van der Waals surface area (Å²) in [6, 6.07) is 0. The second-order valence-electron chi connectivity index (χ2n) is 8.78. The highest BCUT2D eigenvalue weighted by atomic mass is 32.1. The van der Waals surface area contributed by atoms with Crippen molar-refractivity contribution < 1.29 is 44.2 Å². The van der Waals surface area contributed by atoms with Crippen LogP contribution in [0.5, 0.6) is 0 Å². The van der Waals surface area contributed by atoms with Gasteiger partial charge in [-0.2, -0.15) is 12.6 Å². The molecule has 1 aliphatic heterocycles. The number of aliphatic hydroxyl groups excluding tert-OH is 3. The average Bonchev–Trinajstić information content (AvgIpc) is 2.81. The smallest absolute Gasteiger partial charge is 0.332 e. The molecule has 0 bridgehead atoms. The Morgan fingerprint density at radius 2 is 1.85 bits per heavy atom. The highest BCUT2D eigenvalue weighted by molar-refractivity contribution is 7.80. The van der Waals surface area contributed by atoms with Gasteiger partial charge in [-0.05, 0) is 30.9 Å². The molecule has 0 aromatic rings. The van der Waals surface area contributed by atoms with Gasteiger partial charge in [-0.3, -0.25) is 4.79 Å². The lowest BCUT2D eigenvalue weighted by Crippen LogP contribution is -2.61. The molecular weight excluding hydrogens is 454 g/mol. The number of carboxylic acid groups (broad SMARTS) is 1. The van der Waals surface area contributed by atoms with Crippen molar-refractivity contribution in [2.75, 3.05) is 25.5 Å². The molecule has 2 rings (SSSR count). The third-order valence-corrected chi connectivity index (χ3v) is 6.49. The standard InChI is InChI=1S/C22H39NO9S/c24-13-16-18(26)20(31-15(21(28)29)12-14-6-2-1-3-7-14)19(27)22(32-16)30-10-5-9-23-17(25)8-4-11-33/h14-16,18-20,22,24,26-27,33H,1-13H2,(H,23,25)(H,28,29)/t15-,16+,18-,19+,20-,22+/m0/s1. The van der Waals surface area contributed by atoms with E-state index >= 15 is 0 Å². The molecule has 0 spiro atoms. The van der Waals surface area contributed by atoms with Crippen molar-refractivity contribution in [2.24, 2.45) is 5.92 Å². The van der Waals surface area contributed by atoms with Gasteiger partial charge in [0.05, 0.1) is 13.2 Å². The van der Waals surface area contributed by atoms with Crippen LogP contribution in [0.2, 0.25) is 0 Å². The summed E-state index contributed by atoms with van der Waals surface area (Å²) in [6.45, 7) is -0.0299. The number of carbonyl (C=O) groups excluding carboxylic acids is 1. The lowest BCUT2D eigenvalue weighted by Gasteiger charge is -2.42. The molecule has 1 saturated heterocycles. The van der Waals surface area contributed by atoms with Gasteiger partial charge in [-0.25, -0.2) is 4.79 Å². The first-order chi connectivity index (χ1) is 15.9. The zero-order chi connectivity index (χ0) is 24.2. The number of carbonyl (C=O) groups is 2. The number of aliphatic carboxylic acids is 1. The summed E-state index contributed by atoms with van der Waals surface area (Å²) in [5, 5.41) is 43.2. The lowest BCUT2D eigenvalue weighted by atomic mass is 9.85. The molecule has 10 nitrogen and oxygen atoms in total. The van der Waals surface area contributed by atoms with E-state index in [1.165, 1.54) is 0 Å². The van der Waals surface area contributed by atoms with Gasteiger partial charge in [-0.1, -0.05) is 32.1 Å². The van der Waals surface area contributed by atoms with Crippen LogP contribution in [0.15, 0.2) is 0 Å². The van der Waals surface area contributed by atoms with Crippen LogP contribution in [-0.2, 0) is 23.8 Å². The lowest BCUT2D eigenvalue weighted by molar-refractivity contribution is -0.312. The van der Waals surface area contributed by atoms with Gasteiger partial charge in [0.25, 0.3) is 0 Å². The van der Waals surface area contributed by atoms with Crippen LogP contribution in [0.1, 0.15) is 57.8 Å². The number of thiol groups is 1. The fraction of sp³-hybridized carbons (Fsp3) is 0.909. The summed E-state index contributed by atoms with van der Waals surface area (Å²) in [7, 11) is 0. The van der Waals surface area contributed by atoms with Gasteiger partial charge >= 0.3 is 5.97 Å². The number of ether oxygens (including phenoxy) is 3. The quantitative estimate of drug-likeness (QED) is 0.150. The largest absolute Gasteiger partial charge is 0.479 e. The molecule has 1 aliphatic carbocycles. The highest BCUT2D eigenvalue weighted by Gasteiger charge is 2.47. The van der Waals surface area contributed by atoms with Crippen LogP contribution in [0, 0.1) is 5.92 Å². The molecule has 2 aliphatic rings. The minimum absolute atomic E-state index is 0.0763. The summed E-state index contributed by atoms with van der Waals surface area (Å²) in [5.41, 5.74) is 0. The van der Waals surface area contributed by atoms with Crippen molar-refractivity contribution in [1.29, 1.82) is 0 Å². The minimum Gasteiger partial charge on any atom is -0.479 e. The maximum absolute atomic E-state index is 11.8. The predicted octanol–water partition coefficient (Wildman–Crippen LogP) is 0.467. The molecule has 33 heavy (non-hydrogen) atoms. The second-order valence-corrected chi connectivity index (χ2v) is 9.22. The molecule has 1 heterocycles. The van der Waals surface area contributed by atoms with E-state index in [0.717, 1.165) is 32.1 Å². The van der Waals surface area contributed by atoms with Crippen molar-refractivity contribution in [2.45, 2.75) is 94.6 Å². The number of nitrogens with one attached hydrogen (secondary N) is 1. The zero-order valence-corrected chi connectivity index (χ0v) is 19.9.